The number of thiophene rings is 1. The molecule has 0 aliphatic heterocycles. The van der Waals surface area contributed by atoms with Gasteiger partial charge in [-0.05, 0) is 29.0 Å². The summed E-state index contributed by atoms with van der Waals surface area (Å²) >= 11 is 1.65. The normalized spacial score (nSPS) is 12.0. The topological polar surface area (TPSA) is 55.2 Å². The van der Waals surface area contributed by atoms with E-state index >= 15 is 0 Å². The number of non-ortho nitro benzene ring substituents is 1. The standard InChI is InChI=1S/C19H18N2O2S/c22-21(23)17-9-4-8-16(14-17)19(18-10-5-13-24-18)20-12-11-15-6-2-1-3-7-15/h1-10,13-14,19-20H,11-12H2/t19-/m0/s1. The van der Waals surface area contributed by atoms with E-state index in [4.69, 9.17) is 0 Å². The molecule has 2 aromatic carbocycles. The summed E-state index contributed by atoms with van der Waals surface area (Å²) in [5, 5.41) is 16.6. The van der Waals surface area contributed by atoms with Crippen LogP contribution in [0.25, 0.3) is 0 Å². The van der Waals surface area contributed by atoms with Crippen molar-refractivity contribution in [3.8, 4) is 0 Å². The van der Waals surface area contributed by atoms with Gasteiger partial charge in [0, 0.05) is 23.6 Å². The molecule has 1 atom stereocenters. The molecule has 1 heterocycles. The quantitative estimate of drug-likeness (QED) is 0.507. The van der Waals surface area contributed by atoms with Gasteiger partial charge in [-0.15, -0.1) is 11.3 Å². The minimum atomic E-state index is -0.348. The second-order valence-electron chi connectivity index (χ2n) is 5.49. The number of nitro benzene ring substituents is 1. The molecule has 3 aromatic rings. The minimum Gasteiger partial charge on any atom is -0.305 e. The van der Waals surface area contributed by atoms with Gasteiger partial charge in [0.15, 0.2) is 0 Å². The highest BCUT2D eigenvalue weighted by Crippen LogP contribution is 2.28. The summed E-state index contributed by atoms with van der Waals surface area (Å²) in [6.45, 7) is 0.801. The van der Waals surface area contributed by atoms with E-state index in [0.717, 1.165) is 23.4 Å². The fraction of sp³-hybridized carbons (Fsp3) is 0.158. The zero-order valence-corrected chi connectivity index (χ0v) is 13.9. The lowest BCUT2D eigenvalue weighted by Crippen LogP contribution is -2.24. The van der Waals surface area contributed by atoms with Gasteiger partial charge in [0.1, 0.15) is 0 Å². The van der Waals surface area contributed by atoms with Gasteiger partial charge in [-0.1, -0.05) is 48.5 Å². The fourth-order valence-electron chi connectivity index (χ4n) is 2.66. The maximum atomic E-state index is 11.0. The van der Waals surface area contributed by atoms with Crippen LogP contribution in [0, 0.1) is 10.1 Å². The predicted octanol–water partition coefficient (Wildman–Crippen LogP) is 4.58. The third-order valence-electron chi connectivity index (χ3n) is 3.85. The van der Waals surface area contributed by atoms with Crippen molar-refractivity contribution in [3.05, 3.63) is 98.2 Å². The Hall–Kier alpha value is -2.50. The summed E-state index contributed by atoms with van der Waals surface area (Å²) in [6, 6.07) is 21.2. The van der Waals surface area contributed by atoms with E-state index in [2.05, 4.69) is 23.5 Å². The summed E-state index contributed by atoms with van der Waals surface area (Å²) in [5.74, 6) is 0. The summed E-state index contributed by atoms with van der Waals surface area (Å²) in [5.41, 5.74) is 2.31. The molecule has 0 aliphatic rings. The number of nitro groups is 1. The zero-order valence-electron chi connectivity index (χ0n) is 13.1. The Morgan fingerprint density at radius 2 is 1.88 bits per heavy atom. The van der Waals surface area contributed by atoms with Crippen LogP contribution in [0.4, 0.5) is 5.69 Å². The first-order valence-corrected chi connectivity index (χ1v) is 8.67. The van der Waals surface area contributed by atoms with Crippen LogP contribution in [0.1, 0.15) is 22.0 Å². The predicted molar refractivity (Wildman–Crippen MR) is 97.4 cm³/mol. The minimum absolute atomic E-state index is 0.0337. The SMILES string of the molecule is O=[N+]([O-])c1cccc([C@H](NCCc2ccccc2)c2cccs2)c1. The molecule has 0 fully saturated rings. The highest BCUT2D eigenvalue weighted by molar-refractivity contribution is 7.10. The van der Waals surface area contributed by atoms with Crippen molar-refractivity contribution < 1.29 is 4.92 Å². The molecule has 5 heteroatoms. The van der Waals surface area contributed by atoms with Crippen molar-refractivity contribution in [3.63, 3.8) is 0 Å². The lowest BCUT2D eigenvalue weighted by molar-refractivity contribution is -0.384. The Morgan fingerprint density at radius 3 is 2.58 bits per heavy atom. The average molecular weight is 338 g/mol. The van der Waals surface area contributed by atoms with Gasteiger partial charge in [-0.3, -0.25) is 10.1 Å². The van der Waals surface area contributed by atoms with Crippen molar-refractivity contribution >= 4 is 17.0 Å². The van der Waals surface area contributed by atoms with Gasteiger partial charge in [0.2, 0.25) is 0 Å². The molecule has 0 saturated heterocycles. The van der Waals surface area contributed by atoms with Crippen LogP contribution in [-0.2, 0) is 6.42 Å². The number of nitrogens with one attached hydrogen (secondary N) is 1. The number of hydrogen-bond donors (Lipinski definition) is 1. The molecule has 3 rings (SSSR count). The van der Waals surface area contributed by atoms with E-state index in [-0.39, 0.29) is 16.7 Å². The highest BCUT2D eigenvalue weighted by atomic mass is 32.1. The van der Waals surface area contributed by atoms with Crippen molar-refractivity contribution in [2.24, 2.45) is 0 Å². The molecule has 0 amide bonds. The average Bonchev–Trinajstić information content (AvgIpc) is 3.14. The first-order chi connectivity index (χ1) is 11.7. The van der Waals surface area contributed by atoms with Crippen LogP contribution < -0.4 is 5.32 Å². The maximum Gasteiger partial charge on any atom is 0.269 e. The van der Waals surface area contributed by atoms with Crippen LogP contribution >= 0.6 is 11.3 Å². The van der Waals surface area contributed by atoms with Crippen molar-refractivity contribution in [1.82, 2.24) is 5.32 Å². The first kappa shape index (κ1) is 16.4. The monoisotopic (exact) mass is 338 g/mol. The van der Waals surface area contributed by atoms with Gasteiger partial charge in [-0.2, -0.15) is 0 Å². The molecule has 0 radical (unpaired) electrons. The van der Waals surface area contributed by atoms with Gasteiger partial charge in [-0.25, -0.2) is 0 Å². The zero-order chi connectivity index (χ0) is 16.8. The summed E-state index contributed by atoms with van der Waals surface area (Å²) < 4.78 is 0. The molecular weight excluding hydrogens is 320 g/mol. The smallest absolute Gasteiger partial charge is 0.269 e. The summed E-state index contributed by atoms with van der Waals surface area (Å²) in [6.07, 6.45) is 0.914. The van der Waals surface area contributed by atoms with E-state index in [1.54, 1.807) is 23.5 Å². The molecule has 0 unspecified atom stereocenters. The second-order valence-corrected chi connectivity index (χ2v) is 6.47. The van der Waals surface area contributed by atoms with Gasteiger partial charge in [0.05, 0.1) is 11.0 Å². The lowest BCUT2D eigenvalue weighted by Gasteiger charge is -2.18. The van der Waals surface area contributed by atoms with Gasteiger partial charge in [0.25, 0.3) is 5.69 Å². The van der Waals surface area contributed by atoms with Crippen molar-refractivity contribution in [2.45, 2.75) is 12.5 Å². The van der Waals surface area contributed by atoms with E-state index in [0.29, 0.717) is 0 Å². The van der Waals surface area contributed by atoms with E-state index in [1.807, 2.05) is 35.7 Å². The van der Waals surface area contributed by atoms with E-state index < -0.39 is 0 Å². The van der Waals surface area contributed by atoms with Crippen molar-refractivity contribution in [2.75, 3.05) is 6.54 Å². The molecular formula is C19H18N2O2S. The molecule has 0 saturated carbocycles. The molecule has 24 heavy (non-hydrogen) atoms. The lowest BCUT2D eigenvalue weighted by atomic mass is 10.0. The molecule has 0 spiro atoms. The van der Waals surface area contributed by atoms with Crippen LogP contribution in [-0.4, -0.2) is 11.5 Å². The summed E-state index contributed by atoms with van der Waals surface area (Å²) in [7, 11) is 0. The van der Waals surface area contributed by atoms with E-state index in [9.17, 15) is 10.1 Å². The molecule has 0 aliphatic carbocycles. The van der Waals surface area contributed by atoms with Crippen LogP contribution in [0.3, 0.4) is 0 Å². The van der Waals surface area contributed by atoms with E-state index in [1.165, 1.54) is 11.6 Å². The largest absolute Gasteiger partial charge is 0.305 e. The Balaban J connectivity index is 1.77. The first-order valence-electron chi connectivity index (χ1n) is 7.79. The number of nitrogens with zero attached hydrogens (tertiary/aromatic N) is 1. The Bertz CT molecular complexity index is 788. The van der Waals surface area contributed by atoms with Gasteiger partial charge < -0.3 is 5.32 Å². The van der Waals surface area contributed by atoms with Crippen LogP contribution in [0.15, 0.2) is 72.1 Å². The fourth-order valence-corrected chi connectivity index (χ4v) is 3.49. The number of rotatable bonds is 7. The second kappa shape index (κ2) is 7.86. The molecule has 0 bridgehead atoms. The molecule has 122 valence electrons. The molecule has 4 nitrogen and oxygen atoms in total. The van der Waals surface area contributed by atoms with Gasteiger partial charge >= 0.3 is 0 Å². The molecule has 1 N–H and O–H groups in total. The highest BCUT2D eigenvalue weighted by Gasteiger charge is 2.17. The summed E-state index contributed by atoms with van der Waals surface area (Å²) in [4.78, 5) is 11.9. The number of benzene rings is 2. The maximum absolute atomic E-state index is 11.0. The third kappa shape index (κ3) is 4.07. The Morgan fingerprint density at radius 1 is 1.04 bits per heavy atom. The molecule has 1 aromatic heterocycles. The Kier molecular flexibility index (Phi) is 5.36. The van der Waals surface area contributed by atoms with Crippen LogP contribution in [0.2, 0.25) is 0 Å². The van der Waals surface area contributed by atoms with Crippen molar-refractivity contribution in [1.29, 1.82) is 0 Å². The number of hydrogen-bond acceptors (Lipinski definition) is 4. The third-order valence-corrected chi connectivity index (χ3v) is 4.78. The Labute approximate surface area is 144 Å². The van der Waals surface area contributed by atoms with Crippen LogP contribution in [0.5, 0.6) is 0 Å².